The number of rotatable bonds is 4. The van der Waals surface area contributed by atoms with Gasteiger partial charge < -0.3 is 4.52 Å². The predicted octanol–water partition coefficient (Wildman–Crippen LogP) is 2.30. The number of piperazine rings is 1. The molecule has 0 amide bonds. The van der Waals surface area contributed by atoms with Crippen LogP contribution in [0, 0.1) is 6.92 Å². The van der Waals surface area contributed by atoms with Gasteiger partial charge in [0.1, 0.15) is 4.90 Å². The molecule has 1 aliphatic rings. The fourth-order valence-electron chi connectivity index (χ4n) is 2.56. The molecule has 2 aromatic rings. The Morgan fingerprint density at radius 3 is 2.58 bits per heavy atom. The average molecular weight is 436 g/mol. The van der Waals surface area contributed by atoms with E-state index in [0.29, 0.717) is 44.4 Å². The highest BCUT2D eigenvalue weighted by Gasteiger charge is 2.30. The maximum absolute atomic E-state index is 12.8. The first-order valence-corrected chi connectivity index (χ1v) is 9.94. The number of hydrogen-bond donors (Lipinski definition) is 0. The number of sulfonamides is 1. The number of aryl methyl sites for hydroxylation is 1. The van der Waals surface area contributed by atoms with Crippen LogP contribution in [0.5, 0.6) is 0 Å². The zero-order valence-corrected chi connectivity index (χ0v) is 16.1. The van der Waals surface area contributed by atoms with E-state index in [-0.39, 0.29) is 9.92 Å². The Morgan fingerprint density at radius 1 is 1.29 bits per heavy atom. The van der Waals surface area contributed by atoms with Crippen molar-refractivity contribution < 1.29 is 12.9 Å². The van der Waals surface area contributed by atoms with Crippen molar-refractivity contribution >= 4 is 37.6 Å². The molecule has 1 aliphatic heterocycles. The summed E-state index contributed by atoms with van der Waals surface area (Å²) in [5.41, 5.74) is 0. The first-order chi connectivity index (χ1) is 11.4. The van der Waals surface area contributed by atoms with Crippen molar-refractivity contribution in [3.05, 3.63) is 39.4 Å². The van der Waals surface area contributed by atoms with Crippen LogP contribution in [0.1, 0.15) is 11.7 Å². The maximum Gasteiger partial charge on any atom is 0.244 e. The number of aromatic nitrogens is 2. The van der Waals surface area contributed by atoms with Gasteiger partial charge in [-0.2, -0.15) is 9.29 Å². The predicted molar refractivity (Wildman–Crippen MR) is 92.2 cm³/mol. The SMILES string of the molecule is Cc1nc(CN2CCN(S(=O)(=O)c3ccc(Br)cc3Cl)CC2)no1. The zero-order valence-electron chi connectivity index (χ0n) is 12.9. The highest BCUT2D eigenvalue weighted by atomic mass is 79.9. The van der Waals surface area contributed by atoms with Gasteiger partial charge in [-0.1, -0.05) is 32.7 Å². The van der Waals surface area contributed by atoms with Crippen molar-refractivity contribution in [1.82, 2.24) is 19.3 Å². The fourth-order valence-corrected chi connectivity index (χ4v) is 4.99. The number of hydrogen-bond acceptors (Lipinski definition) is 6. The van der Waals surface area contributed by atoms with E-state index in [4.69, 9.17) is 16.1 Å². The Morgan fingerprint density at radius 2 is 2.00 bits per heavy atom. The normalized spacial score (nSPS) is 17.3. The first kappa shape index (κ1) is 17.8. The van der Waals surface area contributed by atoms with Gasteiger partial charge in [-0.15, -0.1) is 0 Å². The summed E-state index contributed by atoms with van der Waals surface area (Å²) in [6, 6.07) is 4.78. The smallest absolute Gasteiger partial charge is 0.244 e. The second-order valence-electron chi connectivity index (χ2n) is 5.48. The summed E-state index contributed by atoms with van der Waals surface area (Å²) in [4.78, 5) is 6.40. The maximum atomic E-state index is 12.8. The van der Waals surface area contributed by atoms with Crippen LogP contribution in [0.3, 0.4) is 0 Å². The summed E-state index contributed by atoms with van der Waals surface area (Å²) in [6.07, 6.45) is 0. The van der Waals surface area contributed by atoms with Gasteiger partial charge in [-0.3, -0.25) is 4.90 Å². The lowest BCUT2D eigenvalue weighted by Gasteiger charge is -2.33. The van der Waals surface area contributed by atoms with E-state index < -0.39 is 10.0 Å². The third-order valence-electron chi connectivity index (χ3n) is 3.78. The molecule has 1 aromatic heterocycles. The monoisotopic (exact) mass is 434 g/mol. The minimum atomic E-state index is -3.60. The van der Waals surface area contributed by atoms with E-state index in [1.54, 1.807) is 19.1 Å². The highest BCUT2D eigenvalue weighted by molar-refractivity contribution is 9.10. The van der Waals surface area contributed by atoms with E-state index >= 15 is 0 Å². The average Bonchev–Trinajstić information content (AvgIpc) is 2.92. The summed E-state index contributed by atoms with van der Waals surface area (Å²) in [7, 11) is -3.60. The number of halogens is 2. The minimum absolute atomic E-state index is 0.134. The van der Waals surface area contributed by atoms with Crippen LogP contribution < -0.4 is 0 Å². The van der Waals surface area contributed by atoms with Gasteiger partial charge in [-0.25, -0.2) is 8.42 Å². The molecule has 130 valence electrons. The Kier molecular flexibility index (Phi) is 5.26. The lowest BCUT2D eigenvalue weighted by atomic mass is 10.3. The summed E-state index contributed by atoms with van der Waals surface area (Å²) in [6.45, 7) is 4.27. The molecule has 1 saturated heterocycles. The molecule has 0 radical (unpaired) electrons. The Balaban J connectivity index is 1.67. The largest absolute Gasteiger partial charge is 0.340 e. The summed E-state index contributed by atoms with van der Waals surface area (Å²) in [5.74, 6) is 1.14. The molecule has 0 saturated carbocycles. The highest BCUT2D eigenvalue weighted by Crippen LogP contribution is 2.28. The molecular formula is C14H16BrClN4O3S. The topological polar surface area (TPSA) is 79.5 Å². The summed E-state index contributed by atoms with van der Waals surface area (Å²) >= 11 is 9.38. The van der Waals surface area contributed by atoms with Crippen molar-refractivity contribution in [3.63, 3.8) is 0 Å². The van der Waals surface area contributed by atoms with Crippen molar-refractivity contribution in [2.24, 2.45) is 0 Å². The van der Waals surface area contributed by atoms with Crippen LogP contribution in [0.15, 0.2) is 32.1 Å². The Bertz CT molecular complexity index is 834. The lowest BCUT2D eigenvalue weighted by molar-refractivity contribution is 0.176. The quantitative estimate of drug-likeness (QED) is 0.733. The molecule has 10 heteroatoms. The van der Waals surface area contributed by atoms with Crippen LogP contribution in [0.2, 0.25) is 5.02 Å². The zero-order chi connectivity index (χ0) is 17.3. The molecule has 24 heavy (non-hydrogen) atoms. The molecule has 1 aromatic carbocycles. The van der Waals surface area contributed by atoms with Crippen LogP contribution in [0.4, 0.5) is 0 Å². The number of benzene rings is 1. The standard InChI is InChI=1S/C14H16BrClN4O3S/c1-10-17-14(18-23-10)9-19-4-6-20(7-5-19)24(21,22)13-3-2-11(15)8-12(13)16/h2-3,8H,4-7,9H2,1H3. The van der Waals surface area contributed by atoms with E-state index in [2.05, 4.69) is 31.0 Å². The molecule has 0 unspecified atom stereocenters. The molecule has 0 spiro atoms. The van der Waals surface area contributed by atoms with Crippen LogP contribution in [-0.4, -0.2) is 53.9 Å². The van der Waals surface area contributed by atoms with Crippen molar-refractivity contribution in [2.75, 3.05) is 26.2 Å². The lowest BCUT2D eigenvalue weighted by Crippen LogP contribution is -2.48. The number of nitrogens with zero attached hydrogens (tertiary/aromatic N) is 4. The van der Waals surface area contributed by atoms with Crippen LogP contribution >= 0.6 is 27.5 Å². The Labute approximate surface area is 153 Å². The third kappa shape index (κ3) is 3.80. The van der Waals surface area contributed by atoms with E-state index in [1.165, 1.54) is 10.4 Å². The molecule has 0 N–H and O–H groups in total. The molecule has 1 fully saturated rings. The molecule has 0 aliphatic carbocycles. The molecule has 0 atom stereocenters. The summed E-state index contributed by atoms with van der Waals surface area (Å²) < 4.78 is 32.7. The van der Waals surface area contributed by atoms with Crippen molar-refractivity contribution in [2.45, 2.75) is 18.4 Å². The molecular weight excluding hydrogens is 420 g/mol. The summed E-state index contributed by atoms with van der Waals surface area (Å²) in [5, 5.41) is 4.08. The second kappa shape index (κ2) is 7.09. The van der Waals surface area contributed by atoms with Gasteiger partial charge in [-0.05, 0) is 18.2 Å². The third-order valence-corrected chi connectivity index (χ3v) is 6.65. The second-order valence-corrected chi connectivity index (χ2v) is 8.71. The van der Waals surface area contributed by atoms with E-state index in [1.807, 2.05) is 0 Å². The van der Waals surface area contributed by atoms with Gasteiger partial charge >= 0.3 is 0 Å². The molecule has 3 rings (SSSR count). The van der Waals surface area contributed by atoms with Crippen LogP contribution in [-0.2, 0) is 16.6 Å². The molecule has 0 bridgehead atoms. The van der Waals surface area contributed by atoms with E-state index in [0.717, 1.165) is 4.47 Å². The van der Waals surface area contributed by atoms with Gasteiger partial charge in [0, 0.05) is 37.6 Å². The van der Waals surface area contributed by atoms with E-state index in [9.17, 15) is 8.42 Å². The fraction of sp³-hybridized carbons (Fsp3) is 0.429. The van der Waals surface area contributed by atoms with Crippen molar-refractivity contribution in [3.8, 4) is 0 Å². The minimum Gasteiger partial charge on any atom is -0.340 e. The van der Waals surface area contributed by atoms with Gasteiger partial charge in [0.05, 0.1) is 11.6 Å². The van der Waals surface area contributed by atoms with Crippen LogP contribution in [0.25, 0.3) is 0 Å². The van der Waals surface area contributed by atoms with Gasteiger partial charge in [0.2, 0.25) is 15.9 Å². The van der Waals surface area contributed by atoms with Gasteiger partial charge in [0.25, 0.3) is 0 Å². The first-order valence-electron chi connectivity index (χ1n) is 7.33. The van der Waals surface area contributed by atoms with Crippen molar-refractivity contribution in [1.29, 1.82) is 0 Å². The Hall–Kier alpha value is -1.00. The molecule has 7 nitrogen and oxygen atoms in total. The van der Waals surface area contributed by atoms with Gasteiger partial charge in [0.15, 0.2) is 5.82 Å². The molecule has 2 heterocycles.